The zero-order valence-electron chi connectivity index (χ0n) is 11.0. The monoisotopic (exact) mass is 206 g/mol. The molecule has 0 saturated heterocycles. The van der Waals surface area contributed by atoms with Crippen LogP contribution in [0, 0.1) is 17.3 Å². The smallest absolute Gasteiger partial charge is 0.0172 e. The Hall–Kier alpha value is -0.520. The quantitative estimate of drug-likeness (QED) is 0.611. The summed E-state index contributed by atoms with van der Waals surface area (Å²) in [6, 6.07) is 0. The molecule has 1 rings (SSSR count). The zero-order chi connectivity index (χ0) is 11.5. The van der Waals surface area contributed by atoms with Crippen molar-refractivity contribution in [2.24, 2.45) is 17.3 Å². The molecule has 15 heavy (non-hydrogen) atoms. The lowest BCUT2D eigenvalue weighted by atomic mass is 9.74. The Balaban J connectivity index is 2.74. The van der Waals surface area contributed by atoms with E-state index in [1.807, 2.05) is 0 Å². The van der Waals surface area contributed by atoms with Crippen molar-refractivity contribution in [3.8, 4) is 0 Å². The molecule has 1 aliphatic rings. The molecule has 0 heterocycles. The van der Waals surface area contributed by atoms with Gasteiger partial charge in [0.2, 0.25) is 0 Å². The molecule has 0 nitrogen and oxygen atoms in total. The maximum absolute atomic E-state index is 2.36. The van der Waals surface area contributed by atoms with Gasteiger partial charge in [-0.3, -0.25) is 0 Å². The largest absolute Gasteiger partial charge is 0.0842 e. The van der Waals surface area contributed by atoms with E-state index in [4.69, 9.17) is 0 Å². The second kappa shape index (κ2) is 5.01. The van der Waals surface area contributed by atoms with Crippen molar-refractivity contribution in [1.82, 2.24) is 0 Å². The standard InChI is InChI=1S/C15H26/c1-12(2)14(11-15(3,4)5)13-9-7-6-8-10-13/h6-7,9,12,14H,8,10-11H2,1-5H3. The predicted octanol–water partition coefficient (Wildman–Crippen LogP) is 4.97. The molecular weight excluding hydrogens is 180 g/mol. The topological polar surface area (TPSA) is 0 Å². The van der Waals surface area contributed by atoms with Crippen LogP contribution in [0.2, 0.25) is 0 Å². The van der Waals surface area contributed by atoms with Gasteiger partial charge < -0.3 is 0 Å². The summed E-state index contributed by atoms with van der Waals surface area (Å²) in [7, 11) is 0. The van der Waals surface area contributed by atoms with Gasteiger partial charge in [0.25, 0.3) is 0 Å². The van der Waals surface area contributed by atoms with Gasteiger partial charge in [0, 0.05) is 0 Å². The highest BCUT2D eigenvalue weighted by molar-refractivity contribution is 5.20. The van der Waals surface area contributed by atoms with Crippen LogP contribution in [0.25, 0.3) is 0 Å². The van der Waals surface area contributed by atoms with E-state index in [1.54, 1.807) is 5.57 Å². The van der Waals surface area contributed by atoms with Gasteiger partial charge in [-0.05, 0) is 36.5 Å². The molecule has 0 radical (unpaired) electrons. The van der Waals surface area contributed by atoms with Gasteiger partial charge in [-0.25, -0.2) is 0 Å². The van der Waals surface area contributed by atoms with Crippen molar-refractivity contribution in [2.75, 3.05) is 0 Å². The minimum Gasteiger partial charge on any atom is -0.0842 e. The summed E-state index contributed by atoms with van der Waals surface area (Å²) in [5.74, 6) is 1.54. The first-order valence-electron chi connectivity index (χ1n) is 6.26. The molecule has 0 aromatic heterocycles. The summed E-state index contributed by atoms with van der Waals surface area (Å²) in [4.78, 5) is 0. The molecular formula is C15H26. The highest BCUT2D eigenvalue weighted by atomic mass is 14.3. The second-order valence-corrected chi connectivity index (χ2v) is 6.32. The predicted molar refractivity (Wildman–Crippen MR) is 68.9 cm³/mol. The fourth-order valence-corrected chi connectivity index (χ4v) is 2.38. The molecule has 0 bridgehead atoms. The molecule has 0 amide bonds. The maximum atomic E-state index is 2.36. The average molecular weight is 206 g/mol. The first-order chi connectivity index (χ1) is 6.90. The lowest BCUT2D eigenvalue weighted by molar-refractivity contribution is 0.268. The highest BCUT2D eigenvalue weighted by Crippen LogP contribution is 2.36. The van der Waals surface area contributed by atoms with Crippen LogP contribution in [0.5, 0.6) is 0 Å². The molecule has 1 unspecified atom stereocenters. The molecule has 0 aromatic rings. The Morgan fingerprint density at radius 3 is 2.33 bits per heavy atom. The maximum Gasteiger partial charge on any atom is -0.0172 e. The lowest BCUT2D eigenvalue weighted by Crippen LogP contribution is -2.20. The summed E-state index contributed by atoms with van der Waals surface area (Å²) >= 11 is 0. The average Bonchev–Trinajstić information content (AvgIpc) is 2.14. The Morgan fingerprint density at radius 2 is 1.93 bits per heavy atom. The fraction of sp³-hybridized carbons (Fsp3) is 0.733. The van der Waals surface area contributed by atoms with Crippen LogP contribution in [-0.2, 0) is 0 Å². The van der Waals surface area contributed by atoms with Gasteiger partial charge in [-0.1, -0.05) is 58.4 Å². The number of rotatable bonds is 3. The number of hydrogen-bond acceptors (Lipinski definition) is 0. The van der Waals surface area contributed by atoms with Crippen molar-refractivity contribution < 1.29 is 0 Å². The van der Waals surface area contributed by atoms with E-state index >= 15 is 0 Å². The van der Waals surface area contributed by atoms with Gasteiger partial charge in [0.15, 0.2) is 0 Å². The minimum atomic E-state index is 0.441. The number of hydrogen-bond donors (Lipinski definition) is 0. The summed E-state index contributed by atoms with van der Waals surface area (Å²) in [5, 5.41) is 0. The van der Waals surface area contributed by atoms with E-state index in [1.165, 1.54) is 19.3 Å². The molecule has 0 spiro atoms. The Kier molecular flexibility index (Phi) is 4.19. The highest BCUT2D eigenvalue weighted by Gasteiger charge is 2.24. The fourth-order valence-electron chi connectivity index (χ4n) is 2.38. The normalized spacial score (nSPS) is 19.2. The molecule has 0 heteroatoms. The van der Waals surface area contributed by atoms with Crippen LogP contribution < -0.4 is 0 Å². The molecule has 1 atom stereocenters. The summed E-state index contributed by atoms with van der Waals surface area (Å²) in [6.45, 7) is 11.8. The third-order valence-corrected chi connectivity index (χ3v) is 3.16. The van der Waals surface area contributed by atoms with E-state index in [9.17, 15) is 0 Å². The van der Waals surface area contributed by atoms with Crippen molar-refractivity contribution >= 4 is 0 Å². The van der Waals surface area contributed by atoms with Crippen molar-refractivity contribution in [1.29, 1.82) is 0 Å². The third kappa shape index (κ3) is 4.24. The molecule has 0 fully saturated rings. The first kappa shape index (κ1) is 12.5. The molecule has 0 aromatic carbocycles. The Labute approximate surface area is 95.5 Å². The second-order valence-electron chi connectivity index (χ2n) is 6.32. The summed E-state index contributed by atoms with van der Waals surface area (Å²) < 4.78 is 0. The lowest BCUT2D eigenvalue weighted by Gasteiger charge is -2.31. The van der Waals surface area contributed by atoms with Gasteiger partial charge in [-0.2, -0.15) is 0 Å². The molecule has 86 valence electrons. The van der Waals surface area contributed by atoms with E-state index in [0.717, 1.165) is 11.8 Å². The molecule has 1 aliphatic carbocycles. The van der Waals surface area contributed by atoms with E-state index in [-0.39, 0.29) is 0 Å². The van der Waals surface area contributed by atoms with Crippen LogP contribution >= 0.6 is 0 Å². The van der Waals surface area contributed by atoms with Crippen LogP contribution in [-0.4, -0.2) is 0 Å². The van der Waals surface area contributed by atoms with E-state index in [0.29, 0.717) is 5.41 Å². The van der Waals surface area contributed by atoms with Crippen LogP contribution in [0.3, 0.4) is 0 Å². The van der Waals surface area contributed by atoms with Gasteiger partial charge in [-0.15, -0.1) is 0 Å². The van der Waals surface area contributed by atoms with Gasteiger partial charge in [0.1, 0.15) is 0 Å². The van der Waals surface area contributed by atoms with Crippen molar-refractivity contribution in [3.63, 3.8) is 0 Å². The summed E-state index contributed by atoms with van der Waals surface area (Å²) in [5.41, 5.74) is 2.11. The van der Waals surface area contributed by atoms with E-state index in [2.05, 4.69) is 52.8 Å². The van der Waals surface area contributed by atoms with Crippen LogP contribution in [0.1, 0.15) is 53.9 Å². The van der Waals surface area contributed by atoms with Crippen LogP contribution in [0.4, 0.5) is 0 Å². The molecule has 0 N–H and O–H groups in total. The van der Waals surface area contributed by atoms with Gasteiger partial charge >= 0.3 is 0 Å². The minimum absolute atomic E-state index is 0.441. The molecule has 0 saturated carbocycles. The Bertz CT molecular complexity index is 248. The zero-order valence-corrected chi connectivity index (χ0v) is 11.0. The third-order valence-electron chi connectivity index (χ3n) is 3.16. The Morgan fingerprint density at radius 1 is 1.27 bits per heavy atom. The van der Waals surface area contributed by atoms with Crippen molar-refractivity contribution in [3.05, 3.63) is 23.8 Å². The van der Waals surface area contributed by atoms with E-state index < -0.39 is 0 Å². The SMILES string of the molecule is CC(C)C(CC(C)(C)C)C1=CC=CCC1. The van der Waals surface area contributed by atoms with Crippen molar-refractivity contribution in [2.45, 2.75) is 53.9 Å². The molecule has 0 aliphatic heterocycles. The van der Waals surface area contributed by atoms with Gasteiger partial charge in [0.05, 0.1) is 0 Å². The summed E-state index contributed by atoms with van der Waals surface area (Å²) in [6.07, 6.45) is 10.7. The van der Waals surface area contributed by atoms with Crippen LogP contribution in [0.15, 0.2) is 23.8 Å². The first-order valence-corrected chi connectivity index (χ1v) is 6.26. The number of allylic oxidation sites excluding steroid dienone is 4.